The van der Waals surface area contributed by atoms with Crippen LogP contribution in [0.3, 0.4) is 0 Å². The number of hydrogen-bond donors (Lipinski definition) is 4. The zero-order chi connectivity index (χ0) is 15.9. The van der Waals surface area contributed by atoms with Crippen molar-refractivity contribution < 1.29 is 39.6 Å². The minimum Gasteiger partial charge on any atom is -0.478 e. The Labute approximate surface area is 113 Å². The standard InChI is InChI=1S/C12H14O8/c1-2-7(11(17)18)8(12(19)20)4-3-6(10(15)16)5-9(13)14/h5H,2-4H2,1H3,(H,13,14)(H,15,16)(H,17,18)(H,19,20). The van der Waals surface area contributed by atoms with Crippen LogP contribution in [0.4, 0.5) is 0 Å². The van der Waals surface area contributed by atoms with Crippen LogP contribution in [0.2, 0.25) is 0 Å². The first-order valence-electron chi connectivity index (χ1n) is 5.56. The molecule has 8 heteroatoms. The van der Waals surface area contributed by atoms with Crippen LogP contribution in [0.15, 0.2) is 22.8 Å². The maximum Gasteiger partial charge on any atom is 0.332 e. The predicted octanol–water partition coefficient (Wildman–Crippen LogP) is 0.738. The third-order valence-electron chi connectivity index (χ3n) is 2.45. The molecule has 0 radical (unpaired) electrons. The molecule has 0 aromatic heterocycles. The van der Waals surface area contributed by atoms with Crippen LogP contribution < -0.4 is 0 Å². The average molecular weight is 286 g/mol. The highest BCUT2D eigenvalue weighted by molar-refractivity contribution is 5.99. The second-order valence-corrected chi connectivity index (χ2v) is 3.73. The molecule has 0 bridgehead atoms. The van der Waals surface area contributed by atoms with Crippen molar-refractivity contribution in [1.29, 1.82) is 0 Å². The summed E-state index contributed by atoms with van der Waals surface area (Å²) in [7, 11) is 0. The number of rotatable bonds is 8. The first-order chi connectivity index (χ1) is 9.20. The summed E-state index contributed by atoms with van der Waals surface area (Å²) in [5.74, 6) is -5.84. The van der Waals surface area contributed by atoms with Crippen LogP contribution >= 0.6 is 0 Å². The van der Waals surface area contributed by atoms with Crippen LogP contribution in [0.1, 0.15) is 26.2 Å². The van der Waals surface area contributed by atoms with Crippen LogP contribution in [-0.2, 0) is 19.2 Å². The van der Waals surface area contributed by atoms with Crippen molar-refractivity contribution in [2.45, 2.75) is 26.2 Å². The molecule has 0 aliphatic carbocycles. The van der Waals surface area contributed by atoms with Gasteiger partial charge in [0.05, 0.1) is 0 Å². The quantitative estimate of drug-likeness (QED) is 0.477. The molecule has 4 N–H and O–H groups in total. The first-order valence-corrected chi connectivity index (χ1v) is 5.56. The van der Waals surface area contributed by atoms with Crippen molar-refractivity contribution in [2.24, 2.45) is 0 Å². The molecule has 0 amide bonds. The van der Waals surface area contributed by atoms with Gasteiger partial charge in [0, 0.05) is 22.8 Å². The van der Waals surface area contributed by atoms with Crippen LogP contribution in [0, 0.1) is 0 Å². The Morgan fingerprint density at radius 1 is 0.800 bits per heavy atom. The number of carbonyl (C=O) groups is 4. The minimum absolute atomic E-state index is 0.0397. The average Bonchev–Trinajstić information content (AvgIpc) is 2.30. The van der Waals surface area contributed by atoms with Crippen molar-refractivity contribution in [3.8, 4) is 0 Å². The molecule has 0 aliphatic heterocycles. The van der Waals surface area contributed by atoms with Gasteiger partial charge in [-0.05, 0) is 19.3 Å². The predicted molar refractivity (Wildman–Crippen MR) is 65.2 cm³/mol. The second kappa shape index (κ2) is 7.72. The van der Waals surface area contributed by atoms with Gasteiger partial charge in [-0.15, -0.1) is 0 Å². The number of hydrogen-bond acceptors (Lipinski definition) is 4. The highest BCUT2D eigenvalue weighted by Crippen LogP contribution is 2.18. The van der Waals surface area contributed by atoms with E-state index in [4.69, 9.17) is 20.4 Å². The Hall–Kier alpha value is -2.64. The van der Waals surface area contributed by atoms with Gasteiger partial charge >= 0.3 is 23.9 Å². The summed E-state index contributed by atoms with van der Waals surface area (Å²) in [6.45, 7) is 1.46. The van der Waals surface area contributed by atoms with Crippen LogP contribution in [0.5, 0.6) is 0 Å². The second-order valence-electron chi connectivity index (χ2n) is 3.73. The van der Waals surface area contributed by atoms with E-state index in [1.807, 2.05) is 0 Å². The smallest absolute Gasteiger partial charge is 0.332 e. The molecule has 0 rings (SSSR count). The zero-order valence-corrected chi connectivity index (χ0v) is 10.6. The van der Waals surface area contributed by atoms with Gasteiger partial charge in [-0.1, -0.05) is 6.92 Å². The van der Waals surface area contributed by atoms with E-state index >= 15 is 0 Å². The molecule has 0 aromatic carbocycles. The Bertz CT molecular complexity index is 498. The topological polar surface area (TPSA) is 149 Å². The fourth-order valence-electron chi connectivity index (χ4n) is 1.53. The number of aliphatic carboxylic acids is 4. The molecule has 0 aliphatic rings. The van der Waals surface area contributed by atoms with E-state index < -0.39 is 35.0 Å². The molecule has 0 fully saturated rings. The number of carboxylic acids is 4. The highest BCUT2D eigenvalue weighted by atomic mass is 16.4. The molecular formula is C12H14O8. The van der Waals surface area contributed by atoms with Crippen molar-refractivity contribution in [1.82, 2.24) is 0 Å². The minimum atomic E-state index is -1.49. The van der Waals surface area contributed by atoms with Gasteiger partial charge in [-0.2, -0.15) is 0 Å². The highest BCUT2D eigenvalue weighted by Gasteiger charge is 2.20. The van der Waals surface area contributed by atoms with E-state index in [9.17, 15) is 19.2 Å². The Kier molecular flexibility index (Phi) is 6.70. The van der Waals surface area contributed by atoms with E-state index in [1.165, 1.54) is 6.92 Å². The molecular weight excluding hydrogens is 272 g/mol. The maximum absolute atomic E-state index is 11.0. The largest absolute Gasteiger partial charge is 0.478 e. The van der Waals surface area contributed by atoms with E-state index in [1.54, 1.807) is 0 Å². The first kappa shape index (κ1) is 17.4. The Balaban J connectivity index is 5.33. The lowest BCUT2D eigenvalue weighted by molar-refractivity contribution is -0.136. The zero-order valence-electron chi connectivity index (χ0n) is 10.6. The van der Waals surface area contributed by atoms with E-state index in [0.717, 1.165) is 0 Å². The lowest BCUT2D eigenvalue weighted by Gasteiger charge is -2.07. The summed E-state index contributed by atoms with van der Waals surface area (Å²) in [5.41, 5.74) is -1.27. The van der Waals surface area contributed by atoms with Crippen molar-refractivity contribution >= 4 is 23.9 Å². The molecule has 0 spiro atoms. The monoisotopic (exact) mass is 286 g/mol. The van der Waals surface area contributed by atoms with Crippen molar-refractivity contribution in [3.05, 3.63) is 22.8 Å². The SMILES string of the molecule is CCC(C(=O)O)=C(CCC(=CC(=O)O)C(=O)O)C(=O)O. The normalized spacial score (nSPS) is 12.6. The molecule has 0 atom stereocenters. The molecule has 0 saturated heterocycles. The molecule has 0 unspecified atom stereocenters. The fourth-order valence-corrected chi connectivity index (χ4v) is 1.53. The lowest BCUT2D eigenvalue weighted by atomic mass is 9.98. The Morgan fingerprint density at radius 3 is 1.60 bits per heavy atom. The van der Waals surface area contributed by atoms with Gasteiger partial charge < -0.3 is 20.4 Å². The molecule has 110 valence electrons. The third kappa shape index (κ3) is 5.34. The van der Waals surface area contributed by atoms with Crippen LogP contribution in [-0.4, -0.2) is 44.3 Å². The van der Waals surface area contributed by atoms with Gasteiger partial charge in [0.25, 0.3) is 0 Å². The number of carboxylic acid groups (broad SMARTS) is 4. The summed E-state index contributed by atoms with van der Waals surface area (Å²) in [4.78, 5) is 43.1. The lowest BCUT2D eigenvalue weighted by Crippen LogP contribution is -2.12. The van der Waals surface area contributed by atoms with Gasteiger partial charge in [0.2, 0.25) is 0 Å². The van der Waals surface area contributed by atoms with E-state index in [-0.39, 0.29) is 24.8 Å². The third-order valence-corrected chi connectivity index (χ3v) is 2.45. The van der Waals surface area contributed by atoms with E-state index in [0.29, 0.717) is 6.08 Å². The van der Waals surface area contributed by atoms with Gasteiger partial charge in [-0.3, -0.25) is 0 Å². The van der Waals surface area contributed by atoms with Gasteiger partial charge in [-0.25, -0.2) is 19.2 Å². The summed E-state index contributed by atoms with van der Waals surface area (Å²) >= 11 is 0. The fraction of sp³-hybridized carbons (Fsp3) is 0.333. The summed E-state index contributed by atoms with van der Waals surface area (Å²) in [6, 6.07) is 0. The van der Waals surface area contributed by atoms with Crippen molar-refractivity contribution in [3.63, 3.8) is 0 Å². The molecule has 20 heavy (non-hydrogen) atoms. The molecule has 8 nitrogen and oxygen atoms in total. The Morgan fingerprint density at radius 2 is 1.30 bits per heavy atom. The van der Waals surface area contributed by atoms with Crippen LogP contribution in [0.25, 0.3) is 0 Å². The van der Waals surface area contributed by atoms with Gasteiger partial charge in [0.15, 0.2) is 0 Å². The summed E-state index contributed by atoms with van der Waals surface area (Å²) < 4.78 is 0. The summed E-state index contributed by atoms with van der Waals surface area (Å²) in [5, 5.41) is 35.1. The molecule has 0 aromatic rings. The maximum atomic E-state index is 11.0. The molecule has 0 heterocycles. The summed E-state index contributed by atoms with van der Waals surface area (Å²) in [6.07, 6.45) is -0.355. The van der Waals surface area contributed by atoms with E-state index in [2.05, 4.69) is 0 Å². The molecule has 0 saturated carbocycles. The van der Waals surface area contributed by atoms with Crippen molar-refractivity contribution in [2.75, 3.05) is 0 Å². The van der Waals surface area contributed by atoms with Gasteiger partial charge in [0.1, 0.15) is 0 Å².